The minimum atomic E-state index is -1.08. The first kappa shape index (κ1) is 10.4. The molecule has 0 atom stereocenters. The summed E-state index contributed by atoms with van der Waals surface area (Å²) in [6.07, 6.45) is 0. The molecule has 0 saturated heterocycles. The van der Waals surface area contributed by atoms with Gasteiger partial charge in [-0.25, -0.2) is 9.59 Å². The summed E-state index contributed by atoms with van der Waals surface area (Å²) in [7, 11) is 0. The number of carboxylic acids is 1. The number of carboxylic acid groups (broad SMARTS) is 1. The van der Waals surface area contributed by atoms with Gasteiger partial charge in [0.25, 0.3) is 0 Å². The molecule has 1 aromatic heterocycles. The topological polar surface area (TPSA) is 92.7 Å². The number of aromatic nitrogens is 1. The van der Waals surface area contributed by atoms with Crippen LogP contribution in [0.1, 0.15) is 10.4 Å². The minimum absolute atomic E-state index is 0.0694. The maximum atomic E-state index is 11.3. The van der Waals surface area contributed by atoms with Gasteiger partial charge in [-0.15, -0.1) is 0 Å². The van der Waals surface area contributed by atoms with Crippen molar-refractivity contribution < 1.29 is 19.4 Å². The fourth-order valence-corrected chi connectivity index (χ4v) is 1.51. The number of aliphatic hydroxyl groups excluding tert-OH is 1. The normalized spacial score (nSPS) is 10.8. The summed E-state index contributed by atoms with van der Waals surface area (Å²) in [4.78, 5) is 22.1. The van der Waals surface area contributed by atoms with E-state index in [4.69, 9.17) is 14.6 Å². The van der Waals surface area contributed by atoms with E-state index < -0.39 is 11.7 Å². The number of fused-ring (bicyclic) bond motifs is 1. The Morgan fingerprint density at radius 2 is 2.19 bits per heavy atom. The third-order valence-electron chi connectivity index (χ3n) is 2.24. The van der Waals surface area contributed by atoms with Crippen LogP contribution in [-0.2, 0) is 6.54 Å². The Labute approximate surface area is 89.3 Å². The van der Waals surface area contributed by atoms with E-state index in [1.807, 2.05) is 0 Å². The van der Waals surface area contributed by atoms with E-state index in [0.717, 1.165) is 0 Å². The van der Waals surface area contributed by atoms with Crippen LogP contribution in [0.3, 0.4) is 0 Å². The lowest BCUT2D eigenvalue weighted by Crippen LogP contribution is -2.16. The van der Waals surface area contributed by atoms with Crippen molar-refractivity contribution in [2.75, 3.05) is 6.61 Å². The SMILES string of the molecule is O=C(O)c1ccc2oc(=O)n(CCO)c2c1. The summed E-state index contributed by atoms with van der Waals surface area (Å²) in [5, 5.41) is 17.6. The van der Waals surface area contributed by atoms with Gasteiger partial charge in [0, 0.05) is 0 Å². The van der Waals surface area contributed by atoms with Crippen LogP contribution in [0.5, 0.6) is 0 Å². The number of rotatable bonds is 3. The predicted octanol–water partition coefficient (Wildman–Crippen LogP) is 0.285. The van der Waals surface area contributed by atoms with Crippen LogP contribution in [0.15, 0.2) is 27.4 Å². The van der Waals surface area contributed by atoms with E-state index in [0.29, 0.717) is 11.1 Å². The van der Waals surface area contributed by atoms with Crippen LogP contribution in [0.25, 0.3) is 11.1 Å². The van der Waals surface area contributed by atoms with E-state index in [-0.39, 0.29) is 18.7 Å². The highest BCUT2D eigenvalue weighted by Gasteiger charge is 2.11. The van der Waals surface area contributed by atoms with Gasteiger partial charge in [0.15, 0.2) is 5.58 Å². The van der Waals surface area contributed by atoms with Crippen molar-refractivity contribution in [2.24, 2.45) is 0 Å². The Morgan fingerprint density at radius 1 is 1.44 bits per heavy atom. The highest BCUT2D eigenvalue weighted by molar-refractivity contribution is 5.91. The smallest absolute Gasteiger partial charge is 0.420 e. The van der Waals surface area contributed by atoms with Gasteiger partial charge < -0.3 is 14.6 Å². The van der Waals surface area contributed by atoms with Crippen molar-refractivity contribution >= 4 is 17.1 Å². The number of oxazole rings is 1. The Hall–Kier alpha value is -2.08. The van der Waals surface area contributed by atoms with Gasteiger partial charge in [-0.2, -0.15) is 0 Å². The predicted molar refractivity (Wildman–Crippen MR) is 54.5 cm³/mol. The van der Waals surface area contributed by atoms with E-state index >= 15 is 0 Å². The Kier molecular flexibility index (Phi) is 2.49. The van der Waals surface area contributed by atoms with E-state index in [1.54, 1.807) is 0 Å². The zero-order valence-corrected chi connectivity index (χ0v) is 8.21. The van der Waals surface area contributed by atoms with Crippen molar-refractivity contribution in [1.82, 2.24) is 4.57 Å². The fraction of sp³-hybridized carbons (Fsp3) is 0.200. The standard InChI is InChI=1S/C10H9NO5/c12-4-3-11-7-5-6(9(13)14)1-2-8(7)16-10(11)15/h1-2,5,12H,3-4H2,(H,13,14). The summed E-state index contributed by atoms with van der Waals surface area (Å²) in [6, 6.07) is 4.13. The van der Waals surface area contributed by atoms with Gasteiger partial charge in [-0.3, -0.25) is 4.57 Å². The lowest BCUT2D eigenvalue weighted by atomic mass is 10.2. The molecule has 2 N–H and O–H groups in total. The van der Waals surface area contributed by atoms with Crippen molar-refractivity contribution in [3.63, 3.8) is 0 Å². The molecule has 0 bridgehead atoms. The van der Waals surface area contributed by atoms with E-state index in [9.17, 15) is 9.59 Å². The molecule has 16 heavy (non-hydrogen) atoms. The van der Waals surface area contributed by atoms with E-state index in [1.165, 1.54) is 22.8 Å². The van der Waals surface area contributed by atoms with Crippen LogP contribution in [0, 0.1) is 0 Å². The molecule has 2 rings (SSSR count). The number of nitrogens with zero attached hydrogens (tertiary/aromatic N) is 1. The van der Waals surface area contributed by atoms with Gasteiger partial charge >= 0.3 is 11.7 Å². The lowest BCUT2D eigenvalue weighted by Gasteiger charge is -1.98. The van der Waals surface area contributed by atoms with Gasteiger partial charge in [0.1, 0.15) is 0 Å². The van der Waals surface area contributed by atoms with Crippen LogP contribution in [0.2, 0.25) is 0 Å². The summed E-state index contributed by atoms with van der Waals surface area (Å²) in [5.74, 6) is -1.68. The Bertz CT molecular complexity index is 595. The molecular formula is C10H9NO5. The van der Waals surface area contributed by atoms with Crippen molar-refractivity contribution in [2.45, 2.75) is 6.54 Å². The zero-order valence-electron chi connectivity index (χ0n) is 8.21. The average molecular weight is 223 g/mol. The highest BCUT2D eigenvalue weighted by Crippen LogP contribution is 2.15. The number of aliphatic hydroxyl groups is 1. The van der Waals surface area contributed by atoms with Gasteiger partial charge in [-0.05, 0) is 18.2 Å². The average Bonchev–Trinajstić information content (AvgIpc) is 2.55. The van der Waals surface area contributed by atoms with Crippen LogP contribution < -0.4 is 5.76 Å². The molecule has 0 aliphatic carbocycles. The summed E-state index contributed by atoms with van der Waals surface area (Å²) >= 11 is 0. The molecule has 0 fully saturated rings. The molecule has 0 aliphatic rings. The summed E-state index contributed by atoms with van der Waals surface area (Å²) in [5.41, 5.74) is 0.752. The zero-order chi connectivity index (χ0) is 11.7. The summed E-state index contributed by atoms with van der Waals surface area (Å²) in [6.45, 7) is -0.138. The number of hydrogen-bond donors (Lipinski definition) is 2. The second kappa shape index (κ2) is 3.82. The quantitative estimate of drug-likeness (QED) is 0.779. The van der Waals surface area contributed by atoms with Gasteiger partial charge in [0.2, 0.25) is 0 Å². The molecule has 1 heterocycles. The molecule has 0 saturated carbocycles. The number of hydrogen-bond acceptors (Lipinski definition) is 4. The molecule has 0 amide bonds. The highest BCUT2D eigenvalue weighted by atomic mass is 16.4. The lowest BCUT2D eigenvalue weighted by molar-refractivity contribution is 0.0697. The van der Waals surface area contributed by atoms with Crippen LogP contribution >= 0.6 is 0 Å². The first-order chi connectivity index (χ1) is 7.63. The molecule has 0 radical (unpaired) electrons. The first-order valence-electron chi connectivity index (χ1n) is 4.61. The maximum absolute atomic E-state index is 11.3. The molecule has 0 spiro atoms. The minimum Gasteiger partial charge on any atom is -0.478 e. The van der Waals surface area contributed by atoms with E-state index in [2.05, 4.69) is 0 Å². The third-order valence-corrected chi connectivity index (χ3v) is 2.24. The molecule has 0 aliphatic heterocycles. The molecule has 2 aromatic rings. The number of carbonyl (C=O) groups is 1. The Morgan fingerprint density at radius 3 is 2.81 bits per heavy atom. The summed E-state index contributed by atoms with van der Waals surface area (Å²) < 4.78 is 6.09. The number of aromatic carboxylic acids is 1. The van der Waals surface area contributed by atoms with Crippen molar-refractivity contribution in [3.05, 3.63) is 34.3 Å². The second-order valence-electron chi connectivity index (χ2n) is 3.23. The van der Waals surface area contributed by atoms with Crippen LogP contribution in [-0.4, -0.2) is 27.4 Å². The second-order valence-corrected chi connectivity index (χ2v) is 3.23. The molecule has 0 unspecified atom stereocenters. The Balaban J connectivity index is 2.69. The van der Waals surface area contributed by atoms with Crippen LogP contribution in [0.4, 0.5) is 0 Å². The molecule has 6 heteroatoms. The monoisotopic (exact) mass is 223 g/mol. The van der Waals surface area contributed by atoms with Gasteiger partial charge in [-0.1, -0.05) is 0 Å². The molecule has 1 aromatic carbocycles. The maximum Gasteiger partial charge on any atom is 0.420 e. The van der Waals surface area contributed by atoms with Gasteiger partial charge in [0.05, 0.1) is 24.2 Å². The molecule has 6 nitrogen and oxygen atoms in total. The largest absolute Gasteiger partial charge is 0.478 e. The van der Waals surface area contributed by atoms with Crippen molar-refractivity contribution in [3.8, 4) is 0 Å². The first-order valence-corrected chi connectivity index (χ1v) is 4.61. The molecular weight excluding hydrogens is 214 g/mol. The van der Waals surface area contributed by atoms with Crippen molar-refractivity contribution in [1.29, 1.82) is 0 Å². The fourth-order valence-electron chi connectivity index (χ4n) is 1.51. The number of benzene rings is 1. The third kappa shape index (κ3) is 1.59. The molecule has 84 valence electrons.